The summed E-state index contributed by atoms with van der Waals surface area (Å²) in [6.07, 6.45) is 0.833. The molecule has 0 aliphatic carbocycles. The van der Waals surface area contributed by atoms with Crippen molar-refractivity contribution in [1.29, 1.82) is 0 Å². The zero-order chi connectivity index (χ0) is 7.28. The smallest absolute Gasteiger partial charge is 0.337 e. The van der Waals surface area contributed by atoms with Crippen LogP contribution in [-0.2, 0) is 14.3 Å². The van der Waals surface area contributed by atoms with Crippen molar-refractivity contribution in [2.45, 2.75) is 0 Å². The van der Waals surface area contributed by atoms with Gasteiger partial charge in [-0.05, 0) is 0 Å². The van der Waals surface area contributed by atoms with E-state index < -0.39 is 11.9 Å². The first kappa shape index (κ1) is 7.81. The number of carbonyl (C=O) groups excluding carboxylic acids is 1. The van der Waals surface area contributed by atoms with Crippen LogP contribution < -0.4 is 0 Å². The third-order valence-electron chi connectivity index (χ3n) is 0.652. The second-order valence-corrected chi connectivity index (χ2v) is 1.21. The van der Waals surface area contributed by atoms with Crippen LogP contribution in [0.25, 0.3) is 0 Å². The number of carbonyl (C=O) groups is 1. The van der Waals surface area contributed by atoms with Crippen LogP contribution >= 0.6 is 0 Å². The molecule has 0 bridgehead atoms. The summed E-state index contributed by atoms with van der Waals surface area (Å²) in [5.74, 6) is -1.10. The van der Waals surface area contributed by atoms with Crippen LogP contribution in [0.15, 0.2) is 12.0 Å². The van der Waals surface area contributed by atoms with Gasteiger partial charge in [0.1, 0.15) is 6.08 Å². The summed E-state index contributed by atoms with van der Waals surface area (Å²) >= 11 is 0. The molecule has 4 nitrogen and oxygen atoms in total. The molecule has 0 unspecified atom stereocenters. The van der Waals surface area contributed by atoms with Crippen molar-refractivity contribution in [3.05, 3.63) is 12.0 Å². The van der Waals surface area contributed by atoms with Gasteiger partial charge in [0.25, 0.3) is 5.95 Å². The van der Waals surface area contributed by atoms with E-state index >= 15 is 0 Å². The Labute approximate surface area is 52.7 Å². The van der Waals surface area contributed by atoms with E-state index in [1.54, 1.807) is 0 Å². The van der Waals surface area contributed by atoms with Gasteiger partial charge < -0.3 is 14.6 Å². The van der Waals surface area contributed by atoms with Crippen LogP contribution in [0, 0.1) is 0 Å². The van der Waals surface area contributed by atoms with Crippen LogP contribution in [0.3, 0.4) is 0 Å². The van der Waals surface area contributed by atoms with E-state index in [9.17, 15) is 4.79 Å². The number of hydrogen-bond donors (Lipinski definition) is 1. The van der Waals surface area contributed by atoms with E-state index in [1.165, 1.54) is 14.2 Å². The third-order valence-corrected chi connectivity index (χ3v) is 0.652. The lowest BCUT2D eigenvalue weighted by molar-refractivity contribution is -0.135. The summed E-state index contributed by atoms with van der Waals surface area (Å²) in [5, 5.41) is 8.50. The first-order chi connectivity index (χ1) is 4.20. The fourth-order valence-electron chi connectivity index (χ4n) is 0.219. The standard InChI is InChI=1S/C5H8O4/c1-8-4(6)3-5(7)9-2/h3,6H,1-2H3/b4-3+. The van der Waals surface area contributed by atoms with E-state index in [0.717, 1.165) is 6.08 Å². The van der Waals surface area contributed by atoms with Gasteiger partial charge in [0.2, 0.25) is 0 Å². The van der Waals surface area contributed by atoms with Crippen molar-refractivity contribution in [1.82, 2.24) is 0 Å². The molecule has 52 valence electrons. The highest BCUT2D eigenvalue weighted by molar-refractivity contribution is 5.81. The largest absolute Gasteiger partial charge is 0.481 e. The minimum absolute atomic E-state index is 0.457. The third kappa shape index (κ3) is 3.40. The molecule has 0 aliphatic rings. The Bertz CT molecular complexity index is 127. The molecule has 0 fully saturated rings. The summed E-state index contributed by atoms with van der Waals surface area (Å²) in [5.41, 5.74) is 0. The van der Waals surface area contributed by atoms with E-state index in [-0.39, 0.29) is 0 Å². The number of aliphatic hydroxyl groups is 1. The van der Waals surface area contributed by atoms with Gasteiger partial charge >= 0.3 is 5.97 Å². The van der Waals surface area contributed by atoms with Gasteiger partial charge in [0.15, 0.2) is 0 Å². The number of rotatable bonds is 2. The van der Waals surface area contributed by atoms with Crippen molar-refractivity contribution in [3.63, 3.8) is 0 Å². The lowest BCUT2D eigenvalue weighted by atomic mass is 10.6. The lowest BCUT2D eigenvalue weighted by Gasteiger charge is -1.94. The first-order valence-corrected chi connectivity index (χ1v) is 2.23. The molecule has 0 radical (unpaired) electrons. The average molecular weight is 132 g/mol. The van der Waals surface area contributed by atoms with Crippen molar-refractivity contribution in [2.75, 3.05) is 14.2 Å². The second kappa shape index (κ2) is 3.77. The zero-order valence-corrected chi connectivity index (χ0v) is 5.25. The summed E-state index contributed by atoms with van der Waals surface area (Å²) < 4.78 is 8.41. The number of hydrogen-bond acceptors (Lipinski definition) is 4. The first-order valence-electron chi connectivity index (χ1n) is 2.23. The Morgan fingerprint density at radius 2 is 2.00 bits per heavy atom. The maximum Gasteiger partial charge on any atom is 0.337 e. The van der Waals surface area contributed by atoms with Crippen molar-refractivity contribution in [3.8, 4) is 0 Å². The summed E-state index contributed by atoms with van der Waals surface area (Å²) in [7, 11) is 2.45. The molecule has 0 heterocycles. The Morgan fingerprint density at radius 3 is 2.33 bits per heavy atom. The molecule has 0 aromatic rings. The normalized spacial score (nSPS) is 10.7. The van der Waals surface area contributed by atoms with Gasteiger partial charge in [0, 0.05) is 0 Å². The fourth-order valence-corrected chi connectivity index (χ4v) is 0.219. The van der Waals surface area contributed by atoms with Crippen LogP contribution in [-0.4, -0.2) is 25.3 Å². The van der Waals surface area contributed by atoms with E-state index in [1.807, 2.05) is 0 Å². The maximum atomic E-state index is 10.2. The minimum Gasteiger partial charge on any atom is -0.481 e. The molecule has 0 saturated carbocycles. The van der Waals surface area contributed by atoms with Crippen molar-refractivity contribution >= 4 is 5.97 Å². The van der Waals surface area contributed by atoms with E-state index in [0.29, 0.717) is 0 Å². The summed E-state index contributed by atoms with van der Waals surface area (Å²) in [4.78, 5) is 10.2. The van der Waals surface area contributed by atoms with Gasteiger partial charge in [0.05, 0.1) is 14.2 Å². The number of methoxy groups -OCH3 is 2. The second-order valence-electron chi connectivity index (χ2n) is 1.21. The van der Waals surface area contributed by atoms with Gasteiger partial charge in [-0.15, -0.1) is 0 Å². The SMILES string of the molecule is COC(=O)/C=C(\O)OC. The molecular formula is C5H8O4. The number of ether oxygens (including phenoxy) is 2. The highest BCUT2D eigenvalue weighted by Gasteiger charge is 1.96. The zero-order valence-electron chi connectivity index (χ0n) is 5.25. The van der Waals surface area contributed by atoms with E-state index in [2.05, 4.69) is 9.47 Å². The van der Waals surface area contributed by atoms with Crippen LogP contribution in [0.1, 0.15) is 0 Å². The van der Waals surface area contributed by atoms with Crippen molar-refractivity contribution in [2.24, 2.45) is 0 Å². The van der Waals surface area contributed by atoms with Crippen LogP contribution in [0.2, 0.25) is 0 Å². The molecule has 0 amide bonds. The highest BCUT2D eigenvalue weighted by atomic mass is 16.6. The molecule has 9 heavy (non-hydrogen) atoms. The molecule has 1 N–H and O–H groups in total. The molecule has 4 heteroatoms. The molecule has 0 aromatic carbocycles. The maximum absolute atomic E-state index is 10.2. The number of esters is 1. The van der Waals surface area contributed by atoms with Gasteiger partial charge in [-0.25, -0.2) is 4.79 Å². The molecule has 0 atom stereocenters. The lowest BCUT2D eigenvalue weighted by Crippen LogP contribution is -1.97. The Balaban J connectivity index is 3.79. The van der Waals surface area contributed by atoms with Gasteiger partial charge in [-0.1, -0.05) is 0 Å². The van der Waals surface area contributed by atoms with E-state index in [4.69, 9.17) is 5.11 Å². The van der Waals surface area contributed by atoms with Crippen LogP contribution in [0.4, 0.5) is 0 Å². The topological polar surface area (TPSA) is 55.8 Å². The average Bonchev–Trinajstić information content (AvgIpc) is 1.87. The Morgan fingerprint density at radius 1 is 1.44 bits per heavy atom. The predicted octanol–water partition coefficient (Wildman–Crippen LogP) is 0.205. The Hall–Kier alpha value is -1.19. The van der Waals surface area contributed by atoms with Crippen LogP contribution in [0.5, 0.6) is 0 Å². The molecule has 0 aromatic heterocycles. The molecule has 0 spiro atoms. The molecule has 0 rings (SSSR count). The molecule has 0 saturated heterocycles. The minimum atomic E-state index is -0.644. The monoisotopic (exact) mass is 132 g/mol. The Kier molecular flexibility index (Phi) is 3.27. The molecular weight excluding hydrogens is 124 g/mol. The number of aliphatic hydroxyl groups excluding tert-OH is 1. The summed E-state index contributed by atoms with van der Waals surface area (Å²) in [6, 6.07) is 0. The highest BCUT2D eigenvalue weighted by Crippen LogP contribution is 1.87. The summed E-state index contributed by atoms with van der Waals surface area (Å²) in [6.45, 7) is 0. The predicted molar refractivity (Wildman–Crippen MR) is 29.7 cm³/mol. The fraction of sp³-hybridized carbons (Fsp3) is 0.400. The molecule has 0 aliphatic heterocycles. The van der Waals surface area contributed by atoms with Crippen molar-refractivity contribution < 1.29 is 19.4 Å². The quantitative estimate of drug-likeness (QED) is 0.331. The van der Waals surface area contributed by atoms with Gasteiger partial charge in [-0.2, -0.15) is 0 Å². The van der Waals surface area contributed by atoms with Gasteiger partial charge in [-0.3, -0.25) is 0 Å².